The molecule has 1 aromatic carbocycles. The lowest BCUT2D eigenvalue weighted by molar-refractivity contribution is 0.0885. The first-order valence-corrected chi connectivity index (χ1v) is 13.0. The van der Waals surface area contributed by atoms with Gasteiger partial charge in [0, 0.05) is 23.6 Å². The molecule has 2 aliphatic heterocycles. The summed E-state index contributed by atoms with van der Waals surface area (Å²) < 4.78 is 32.1. The van der Waals surface area contributed by atoms with Crippen LogP contribution in [0.5, 0.6) is 5.75 Å². The molecule has 2 heterocycles. The number of hydrogen-bond acceptors (Lipinski definition) is 5. The predicted octanol–water partition coefficient (Wildman–Crippen LogP) is 5.59. The third-order valence-electron chi connectivity index (χ3n) is 6.72. The highest BCUT2D eigenvalue weighted by Gasteiger charge is 2.31. The Labute approximate surface area is 190 Å². The molecule has 1 aliphatic carbocycles. The van der Waals surface area contributed by atoms with Crippen molar-refractivity contribution >= 4 is 9.84 Å². The molecule has 0 radical (unpaired) electrons. The van der Waals surface area contributed by atoms with Crippen LogP contribution in [0.15, 0.2) is 41.4 Å². The van der Waals surface area contributed by atoms with Crippen molar-refractivity contribution in [3.05, 3.63) is 42.2 Å². The van der Waals surface area contributed by atoms with Crippen molar-refractivity contribution < 1.29 is 18.4 Å². The second-order valence-corrected chi connectivity index (χ2v) is 12.1. The van der Waals surface area contributed by atoms with Crippen LogP contribution in [0.1, 0.15) is 52.1 Å². The van der Waals surface area contributed by atoms with Gasteiger partial charge in [-0.25, -0.2) is 13.4 Å². The number of ether oxygens (including phenoxy) is 1. The van der Waals surface area contributed by atoms with Crippen molar-refractivity contribution in [3.63, 3.8) is 0 Å². The molecule has 1 fully saturated rings. The Morgan fingerprint density at radius 3 is 2.34 bits per heavy atom. The molecule has 1 saturated carbocycles. The summed E-state index contributed by atoms with van der Waals surface area (Å²) in [4.78, 5) is 4.51. The summed E-state index contributed by atoms with van der Waals surface area (Å²) in [6.45, 7) is 8.67. The summed E-state index contributed by atoms with van der Waals surface area (Å²) in [5.74, 6) is 1.77. The van der Waals surface area contributed by atoms with Gasteiger partial charge in [-0.05, 0) is 79.8 Å². The first-order chi connectivity index (χ1) is 14.9. The summed E-state index contributed by atoms with van der Waals surface area (Å²) >= 11 is 0. The molecule has 1 N–H and O–H groups in total. The van der Waals surface area contributed by atoms with Crippen LogP contribution in [0.25, 0.3) is 22.5 Å². The molecule has 1 aromatic rings. The molecular weight excluding hydrogens is 424 g/mol. The fourth-order valence-electron chi connectivity index (χ4n) is 4.72. The first kappa shape index (κ1) is 22.6. The smallest absolute Gasteiger partial charge is 0.176 e. The standard InChI is InChI=1S/C25H32N2O4S/c1-16-14-21(20-12-13-26-24(20)27(16)28)22-15-19(32(5,29)30)10-11-23(22)31-18-8-6-17(7-9-18)25(2,3)4/h10-15,17-18,28H,6-9H2,1-5H3. The van der Waals surface area contributed by atoms with Crippen LogP contribution in [0.3, 0.4) is 0 Å². The van der Waals surface area contributed by atoms with Gasteiger partial charge in [0.2, 0.25) is 0 Å². The molecule has 4 rings (SSSR count). The average molecular weight is 457 g/mol. The van der Waals surface area contributed by atoms with Crippen molar-refractivity contribution in [2.45, 2.75) is 64.4 Å². The molecule has 0 saturated heterocycles. The van der Waals surface area contributed by atoms with Crippen molar-refractivity contribution in [1.82, 2.24) is 9.71 Å². The van der Waals surface area contributed by atoms with Gasteiger partial charge in [-0.3, -0.25) is 0 Å². The van der Waals surface area contributed by atoms with E-state index in [-0.39, 0.29) is 11.0 Å². The van der Waals surface area contributed by atoms with E-state index >= 15 is 0 Å². The van der Waals surface area contributed by atoms with Crippen molar-refractivity contribution in [1.29, 1.82) is 0 Å². The number of aryl methyl sites for hydroxylation is 1. The zero-order valence-corrected chi connectivity index (χ0v) is 20.2. The Morgan fingerprint density at radius 1 is 1.03 bits per heavy atom. The molecule has 0 spiro atoms. The molecule has 0 bridgehead atoms. The molecule has 32 heavy (non-hydrogen) atoms. The Hall–Kier alpha value is -2.54. The Morgan fingerprint density at radius 2 is 1.72 bits per heavy atom. The lowest BCUT2D eigenvalue weighted by Gasteiger charge is -2.37. The number of aromatic nitrogens is 2. The van der Waals surface area contributed by atoms with Crippen LogP contribution in [0, 0.1) is 18.3 Å². The highest BCUT2D eigenvalue weighted by atomic mass is 32.2. The third kappa shape index (κ3) is 4.35. The third-order valence-corrected chi connectivity index (χ3v) is 7.83. The minimum absolute atomic E-state index is 0.0947. The predicted molar refractivity (Wildman–Crippen MR) is 125 cm³/mol. The maximum atomic E-state index is 12.3. The van der Waals surface area contributed by atoms with Crippen LogP contribution in [0.2, 0.25) is 0 Å². The Kier molecular flexibility index (Phi) is 5.74. The SMILES string of the molecule is Cc1cc(-c2cc(S(C)(=O)=O)ccc2OC2CCC(C(C)(C)C)CC2)c2ccnc-2n1O. The maximum absolute atomic E-state index is 12.3. The highest BCUT2D eigenvalue weighted by Crippen LogP contribution is 2.43. The molecular formula is C25H32N2O4S. The zero-order chi connectivity index (χ0) is 23.3. The van der Waals surface area contributed by atoms with Crippen LogP contribution >= 0.6 is 0 Å². The number of sulfone groups is 1. The normalized spacial score (nSPS) is 19.9. The van der Waals surface area contributed by atoms with Gasteiger partial charge in [0.25, 0.3) is 0 Å². The van der Waals surface area contributed by atoms with E-state index in [1.807, 2.05) is 12.1 Å². The fourth-order valence-corrected chi connectivity index (χ4v) is 5.37. The van der Waals surface area contributed by atoms with E-state index in [0.717, 1.165) is 41.5 Å². The van der Waals surface area contributed by atoms with Gasteiger partial charge in [0.05, 0.1) is 16.7 Å². The van der Waals surface area contributed by atoms with E-state index in [1.165, 1.54) is 6.26 Å². The van der Waals surface area contributed by atoms with Crippen LogP contribution < -0.4 is 4.74 Å². The van der Waals surface area contributed by atoms with Crippen LogP contribution in [-0.2, 0) is 9.84 Å². The second kappa shape index (κ2) is 8.10. The second-order valence-electron chi connectivity index (χ2n) is 10.1. The van der Waals surface area contributed by atoms with Gasteiger partial charge in [-0.1, -0.05) is 20.8 Å². The van der Waals surface area contributed by atoms with Gasteiger partial charge in [-0.15, -0.1) is 0 Å². The summed E-state index contributed by atoms with van der Waals surface area (Å²) in [5, 5.41) is 10.4. The van der Waals surface area contributed by atoms with E-state index < -0.39 is 9.84 Å². The van der Waals surface area contributed by atoms with Gasteiger partial charge < -0.3 is 9.94 Å². The lowest BCUT2D eigenvalue weighted by Crippen LogP contribution is -2.30. The minimum Gasteiger partial charge on any atom is -0.490 e. The van der Waals surface area contributed by atoms with E-state index in [4.69, 9.17) is 4.74 Å². The van der Waals surface area contributed by atoms with Gasteiger partial charge in [0.15, 0.2) is 15.7 Å². The molecule has 6 nitrogen and oxygen atoms in total. The van der Waals surface area contributed by atoms with Gasteiger partial charge >= 0.3 is 0 Å². The van der Waals surface area contributed by atoms with Crippen molar-refractivity contribution in [3.8, 4) is 28.3 Å². The van der Waals surface area contributed by atoms with E-state index in [9.17, 15) is 13.6 Å². The molecule has 3 aliphatic rings. The fraction of sp³-hybridized carbons (Fsp3) is 0.480. The first-order valence-electron chi connectivity index (χ1n) is 11.1. The maximum Gasteiger partial charge on any atom is 0.176 e. The number of rotatable bonds is 4. The minimum atomic E-state index is -3.39. The molecule has 0 aromatic heterocycles. The van der Waals surface area contributed by atoms with Crippen LogP contribution in [-0.4, -0.2) is 35.7 Å². The topological polar surface area (TPSA) is 81.4 Å². The number of pyridine rings is 1. The van der Waals surface area contributed by atoms with Gasteiger partial charge in [-0.2, -0.15) is 4.73 Å². The largest absolute Gasteiger partial charge is 0.490 e. The summed E-state index contributed by atoms with van der Waals surface area (Å²) in [7, 11) is -3.39. The number of benzene rings is 1. The van der Waals surface area contributed by atoms with E-state index in [1.54, 1.807) is 31.3 Å². The monoisotopic (exact) mass is 456 g/mol. The van der Waals surface area contributed by atoms with E-state index in [2.05, 4.69) is 25.8 Å². The lowest BCUT2D eigenvalue weighted by atomic mass is 9.72. The Balaban J connectivity index is 1.74. The number of nitrogens with zero attached hydrogens (tertiary/aromatic N) is 2. The van der Waals surface area contributed by atoms with Crippen molar-refractivity contribution in [2.75, 3.05) is 6.26 Å². The molecule has 0 atom stereocenters. The van der Waals surface area contributed by atoms with Crippen LogP contribution in [0.4, 0.5) is 0 Å². The molecule has 7 heteroatoms. The molecule has 0 amide bonds. The van der Waals surface area contributed by atoms with Gasteiger partial charge in [0.1, 0.15) is 5.75 Å². The van der Waals surface area contributed by atoms with Crippen molar-refractivity contribution in [2.24, 2.45) is 11.3 Å². The number of hydrogen-bond donors (Lipinski definition) is 1. The molecule has 172 valence electrons. The summed E-state index contributed by atoms with van der Waals surface area (Å²) in [5.41, 5.74) is 3.14. The number of fused-ring (bicyclic) bond motifs is 1. The summed E-state index contributed by atoms with van der Waals surface area (Å²) in [6.07, 6.45) is 7.14. The highest BCUT2D eigenvalue weighted by molar-refractivity contribution is 7.90. The summed E-state index contributed by atoms with van der Waals surface area (Å²) in [6, 6.07) is 8.71. The Bertz CT molecular complexity index is 1200. The average Bonchev–Trinajstić information content (AvgIpc) is 3.20. The zero-order valence-electron chi connectivity index (χ0n) is 19.4. The van der Waals surface area contributed by atoms with E-state index in [0.29, 0.717) is 34.2 Å². The molecule has 0 unspecified atom stereocenters. The quantitative estimate of drug-likeness (QED) is 0.518.